The van der Waals surface area contributed by atoms with Crippen molar-refractivity contribution in [2.45, 2.75) is 94.2 Å². The molecular weight excluding hydrogens is 901 g/mol. The van der Waals surface area contributed by atoms with Gasteiger partial charge >= 0.3 is 25.7 Å². The highest BCUT2D eigenvalue weighted by atomic mass is 32.7. The van der Waals surface area contributed by atoms with Crippen molar-refractivity contribution in [3.63, 3.8) is 0 Å². The molecule has 0 spiro atoms. The number of alkyl halides is 3. The minimum absolute atomic E-state index is 0.0247. The molecule has 8 heterocycles. The first-order valence-electron chi connectivity index (χ1n) is 18.4. The summed E-state index contributed by atoms with van der Waals surface area (Å²) in [7, 11) is 0. The summed E-state index contributed by atoms with van der Waals surface area (Å²) in [4.78, 5) is 62.2. The molecule has 2 amide bonds. The third kappa shape index (κ3) is 9.16. The quantitative estimate of drug-likeness (QED) is 0.164. The molecule has 8 rings (SSSR count). The minimum atomic E-state index is -4.52. The van der Waals surface area contributed by atoms with E-state index in [9.17, 15) is 23.4 Å². The number of amides is 2. The van der Waals surface area contributed by atoms with E-state index in [0.29, 0.717) is 0 Å². The Morgan fingerprint density at radius 3 is 2.20 bits per heavy atom. The maximum atomic E-state index is 16.5. The summed E-state index contributed by atoms with van der Waals surface area (Å²) in [6.45, 7) is -5.94. The predicted octanol–water partition coefficient (Wildman–Crippen LogP) is 3.69. The van der Waals surface area contributed by atoms with Gasteiger partial charge in [-0.1, -0.05) is 12.2 Å². The highest BCUT2D eigenvalue weighted by Crippen LogP contribution is 2.58. The Morgan fingerprint density at radius 1 is 0.951 bits per heavy atom. The van der Waals surface area contributed by atoms with Gasteiger partial charge in [-0.15, -0.1) is 0 Å². The van der Waals surface area contributed by atoms with E-state index < -0.39 is 106 Å². The standard InChI is InChI=1S/C31H38F3N11O12P2S2/c1-31(2,3)55-30(47)43-5-13(32)4-14(43)6-50-29(46)42-24-20-26(39-10-37-24)45(12-41-20)28-18(34)22-16(54-28)8-52-58(48,60)56-21-15(7-51-59(49,61)57-22)53-27(17(21)33)44-11-40-19-23(35)36-9-38-25(19)44/h9-18,21-22,27-28H,4-8H2,1-3H3,(H,48,60)(H,49,61)(H2,35,36,38)(H,37,39,42,46)/t13-,14-,15?,16+,17+,18+,21+,22+,27+,28+,58?,59?/m0/s1. The lowest BCUT2D eigenvalue weighted by Gasteiger charge is -2.29. The number of imidazole rings is 2. The van der Waals surface area contributed by atoms with Crippen molar-refractivity contribution in [3.8, 4) is 0 Å². The average Bonchev–Trinajstić information content (AvgIpc) is 4.00. The number of nitrogens with zero attached hydrogens (tertiary/aromatic N) is 9. The number of anilines is 2. The fourth-order valence-electron chi connectivity index (χ4n) is 7.11. The molecule has 61 heavy (non-hydrogen) atoms. The van der Waals surface area contributed by atoms with Crippen LogP contribution in [-0.2, 0) is 53.4 Å². The van der Waals surface area contributed by atoms with Crippen molar-refractivity contribution >= 4 is 83.7 Å². The molecule has 12 atom stereocenters. The topological polar surface area (TPSA) is 274 Å². The molecule has 0 aromatic carbocycles. The molecule has 332 valence electrons. The van der Waals surface area contributed by atoms with Crippen molar-refractivity contribution in [1.29, 1.82) is 0 Å². The summed E-state index contributed by atoms with van der Waals surface area (Å²) in [5.41, 5.74) is 5.20. The Bertz CT molecular complexity index is 2420. The number of halogens is 3. The number of hydrogen-bond acceptors (Lipinski definition) is 19. The fraction of sp³-hybridized carbons (Fsp3) is 0.613. The van der Waals surface area contributed by atoms with Gasteiger partial charge in [-0.3, -0.25) is 32.9 Å². The number of rotatable bonds is 5. The van der Waals surface area contributed by atoms with Gasteiger partial charge in [-0.05, 0) is 32.6 Å². The van der Waals surface area contributed by atoms with Crippen LogP contribution in [0.1, 0.15) is 39.6 Å². The molecule has 4 fully saturated rings. The lowest BCUT2D eigenvalue weighted by atomic mass is 10.1. The fourth-order valence-corrected chi connectivity index (χ4v) is 10.0. The van der Waals surface area contributed by atoms with Crippen LogP contribution in [0.5, 0.6) is 0 Å². The van der Waals surface area contributed by atoms with E-state index in [4.69, 9.17) is 54.6 Å². The highest BCUT2D eigenvalue weighted by Gasteiger charge is 2.54. The molecule has 4 saturated heterocycles. The largest absolute Gasteiger partial charge is 0.447 e. The number of nitrogens with one attached hydrogen (secondary N) is 1. The van der Waals surface area contributed by atoms with E-state index in [1.165, 1.54) is 10.9 Å². The van der Waals surface area contributed by atoms with E-state index in [0.717, 1.165) is 28.4 Å². The summed E-state index contributed by atoms with van der Waals surface area (Å²) < 4.78 is 108. The molecule has 4 aliphatic heterocycles. The summed E-state index contributed by atoms with van der Waals surface area (Å²) >= 11 is 9.24. The number of hydrogen-bond donors (Lipinski definition) is 4. The van der Waals surface area contributed by atoms with Gasteiger partial charge in [0.1, 0.15) is 61.0 Å². The molecule has 0 saturated carbocycles. The second-order valence-corrected chi connectivity index (χ2v) is 20.8. The summed E-state index contributed by atoms with van der Waals surface area (Å²) in [5, 5.41) is 2.41. The number of thiol groups is 1. The van der Waals surface area contributed by atoms with Gasteiger partial charge in [-0.2, -0.15) is 0 Å². The number of fused-ring (bicyclic) bond motifs is 4. The van der Waals surface area contributed by atoms with Crippen LogP contribution in [0.3, 0.4) is 0 Å². The molecule has 0 bridgehead atoms. The maximum Gasteiger partial charge on any atom is 0.412 e. The van der Waals surface area contributed by atoms with Gasteiger partial charge in [0.25, 0.3) is 0 Å². The number of aromatic nitrogens is 8. The average molecular weight is 940 g/mol. The van der Waals surface area contributed by atoms with Crippen molar-refractivity contribution < 1.29 is 69.3 Å². The van der Waals surface area contributed by atoms with Crippen LogP contribution in [0.2, 0.25) is 0 Å². The van der Waals surface area contributed by atoms with Crippen molar-refractivity contribution in [1.82, 2.24) is 43.9 Å². The predicted molar refractivity (Wildman–Crippen MR) is 209 cm³/mol. The first-order valence-corrected chi connectivity index (χ1v) is 23.6. The summed E-state index contributed by atoms with van der Waals surface area (Å²) in [6, 6.07) is -0.804. The Kier molecular flexibility index (Phi) is 12.0. The molecule has 4 aromatic rings. The van der Waals surface area contributed by atoms with Gasteiger partial charge in [0, 0.05) is 6.42 Å². The van der Waals surface area contributed by atoms with Crippen LogP contribution >= 0.6 is 25.8 Å². The van der Waals surface area contributed by atoms with Gasteiger partial charge < -0.3 is 34.1 Å². The molecule has 0 radical (unpaired) electrons. The normalized spacial score (nSPS) is 34.7. The van der Waals surface area contributed by atoms with E-state index >= 15 is 8.78 Å². The monoisotopic (exact) mass is 939 g/mol. The molecular formula is C31H38F3N11O12P2S2. The molecule has 4 aliphatic rings. The Morgan fingerprint density at radius 2 is 1.54 bits per heavy atom. The third-order valence-corrected chi connectivity index (χ3v) is 12.9. The molecule has 3 unspecified atom stereocenters. The molecule has 4 N–H and O–H groups in total. The summed E-state index contributed by atoms with van der Waals surface area (Å²) in [6.07, 6.45) is -12.4. The van der Waals surface area contributed by atoms with Crippen LogP contribution in [0, 0.1) is 0 Å². The number of nitrogen functional groups attached to an aromatic ring is 1. The Balaban J connectivity index is 0.960. The zero-order valence-corrected chi connectivity index (χ0v) is 35.5. The molecule has 30 heteroatoms. The number of carbonyl (C=O) groups is 2. The Hall–Kier alpha value is -3.82. The third-order valence-electron chi connectivity index (χ3n) is 9.76. The SMILES string of the molecule is CC(C)(C)OC(=O)N1C[C@@H](F)C[C@H]1COC(=O)Nc1ncnc2c1ncn2[C@@H]1O[C@@H]2COP(O)(=S)O[C@@H]3C(COP(=O)(S)O[C@H]2[C@H]1F)O[C@@H](n1cnc2c(N)ncnc21)[C@@H]3F. The second kappa shape index (κ2) is 16.7. The van der Waals surface area contributed by atoms with E-state index in [-0.39, 0.29) is 53.5 Å². The smallest absolute Gasteiger partial charge is 0.412 e. The number of carbonyl (C=O) groups excluding carboxylic acids is 2. The zero-order valence-electron chi connectivity index (χ0n) is 32.0. The van der Waals surface area contributed by atoms with Gasteiger partial charge in [0.2, 0.25) is 0 Å². The maximum absolute atomic E-state index is 16.5. The van der Waals surface area contributed by atoms with Crippen LogP contribution in [0.15, 0.2) is 25.3 Å². The number of likely N-dealkylation sites (tertiary alicyclic amines) is 1. The first-order chi connectivity index (χ1) is 28.8. The van der Waals surface area contributed by atoms with Gasteiger partial charge in [0.05, 0.1) is 38.5 Å². The van der Waals surface area contributed by atoms with Crippen molar-refractivity contribution in [3.05, 3.63) is 25.3 Å². The lowest BCUT2D eigenvalue weighted by molar-refractivity contribution is -0.0564. The molecule has 4 aromatic heterocycles. The van der Waals surface area contributed by atoms with Crippen molar-refractivity contribution in [2.75, 3.05) is 37.4 Å². The van der Waals surface area contributed by atoms with E-state index in [2.05, 4.69) is 47.5 Å². The molecule has 23 nitrogen and oxygen atoms in total. The van der Waals surface area contributed by atoms with Crippen molar-refractivity contribution in [2.24, 2.45) is 0 Å². The number of ether oxygens (including phenoxy) is 4. The second-order valence-electron chi connectivity index (χ2n) is 15.2. The van der Waals surface area contributed by atoms with Gasteiger partial charge in [-0.25, -0.2) is 57.2 Å². The highest BCUT2D eigenvalue weighted by molar-refractivity contribution is 8.44. The van der Waals surface area contributed by atoms with E-state index in [1.807, 2.05) is 0 Å². The van der Waals surface area contributed by atoms with Crippen LogP contribution < -0.4 is 11.1 Å². The minimum Gasteiger partial charge on any atom is -0.447 e. The summed E-state index contributed by atoms with van der Waals surface area (Å²) in [5.74, 6) is -0.144. The first kappa shape index (κ1) is 43.8. The van der Waals surface area contributed by atoms with Crippen LogP contribution in [0.25, 0.3) is 22.3 Å². The van der Waals surface area contributed by atoms with Crippen LogP contribution in [-0.4, -0.2) is 142 Å². The van der Waals surface area contributed by atoms with Crippen LogP contribution in [0.4, 0.5) is 34.4 Å². The van der Waals surface area contributed by atoms with Gasteiger partial charge in [0.15, 0.2) is 53.2 Å². The lowest BCUT2D eigenvalue weighted by Crippen LogP contribution is -2.42. The number of nitrogens with two attached hydrogens (primary N) is 1. The van der Waals surface area contributed by atoms with E-state index in [1.54, 1.807) is 20.8 Å². The Labute approximate surface area is 353 Å². The molecule has 0 aliphatic carbocycles. The zero-order chi connectivity index (χ0) is 43.6.